The number of rotatable bonds is 7. The van der Waals surface area contributed by atoms with Crippen molar-refractivity contribution in [1.82, 2.24) is 14.5 Å². The fourth-order valence-corrected chi connectivity index (χ4v) is 4.36. The lowest BCUT2D eigenvalue weighted by Gasteiger charge is -2.13. The van der Waals surface area contributed by atoms with Crippen LogP contribution in [0, 0.1) is 6.92 Å². The zero-order valence-corrected chi connectivity index (χ0v) is 20.2. The van der Waals surface area contributed by atoms with Crippen LogP contribution >= 0.6 is 11.8 Å². The summed E-state index contributed by atoms with van der Waals surface area (Å²) in [5, 5.41) is 3.77. The molecule has 5 rings (SSSR count). The summed E-state index contributed by atoms with van der Waals surface area (Å²) in [6.45, 7) is 1.93. The van der Waals surface area contributed by atoms with Crippen LogP contribution in [0.15, 0.2) is 107 Å². The zero-order chi connectivity index (χ0) is 24.9. The first-order chi connectivity index (χ1) is 17.6. The number of aromatic nitrogens is 3. The van der Waals surface area contributed by atoms with Gasteiger partial charge in [-0.1, -0.05) is 48.2 Å². The van der Waals surface area contributed by atoms with Gasteiger partial charge in [0.1, 0.15) is 17.3 Å². The molecule has 0 aliphatic heterocycles. The molecule has 0 spiro atoms. The second kappa shape index (κ2) is 10.5. The van der Waals surface area contributed by atoms with E-state index in [0.717, 1.165) is 11.3 Å². The number of carbonyl (C=O) groups is 1. The quantitative estimate of drug-likeness (QED) is 0.234. The number of anilines is 1. The topological polar surface area (TPSA) is 86.1 Å². The van der Waals surface area contributed by atoms with Crippen molar-refractivity contribution in [2.75, 3.05) is 11.1 Å². The molecule has 178 valence electrons. The van der Waals surface area contributed by atoms with Gasteiger partial charge in [0.15, 0.2) is 5.16 Å². The minimum absolute atomic E-state index is 0.0684. The van der Waals surface area contributed by atoms with Gasteiger partial charge in [0, 0.05) is 11.9 Å². The number of ether oxygens (including phenoxy) is 1. The first-order valence-electron chi connectivity index (χ1n) is 11.3. The number of nitrogens with one attached hydrogen (secondary N) is 1. The van der Waals surface area contributed by atoms with Gasteiger partial charge in [-0.05, 0) is 67.1 Å². The van der Waals surface area contributed by atoms with Crippen molar-refractivity contribution in [2.45, 2.75) is 12.1 Å². The minimum atomic E-state index is -0.228. The number of aryl methyl sites for hydroxylation is 1. The molecule has 3 aromatic carbocycles. The molecule has 0 radical (unpaired) electrons. The molecule has 8 heteroatoms. The average molecular weight is 495 g/mol. The predicted octanol–water partition coefficient (Wildman–Crippen LogP) is 5.61. The van der Waals surface area contributed by atoms with E-state index in [-0.39, 0.29) is 17.2 Å². The van der Waals surface area contributed by atoms with Crippen molar-refractivity contribution < 1.29 is 9.53 Å². The number of pyridine rings is 1. The highest BCUT2D eigenvalue weighted by Crippen LogP contribution is 2.24. The number of carbonyl (C=O) groups excluding carboxylic acids is 1. The van der Waals surface area contributed by atoms with Crippen LogP contribution in [0.5, 0.6) is 11.5 Å². The van der Waals surface area contributed by atoms with Crippen LogP contribution in [-0.2, 0) is 4.79 Å². The van der Waals surface area contributed by atoms with E-state index in [1.165, 1.54) is 16.3 Å². The number of benzene rings is 3. The number of hydrogen-bond donors (Lipinski definition) is 1. The normalized spacial score (nSPS) is 10.8. The molecule has 1 N–H and O–H groups in total. The summed E-state index contributed by atoms with van der Waals surface area (Å²) in [4.78, 5) is 35.1. The van der Waals surface area contributed by atoms with Gasteiger partial charge in [-0.15, -0.1) is 0 Å². The van der Waals surface area contributed by atoms with Crippen LogP contribution in [0.4, 0.5) is 5.69 Å². The van der Waals surface area contributed by atoms with Crippen LogP contribution in [0.3, 0.4) is 0 Å². The molecule has 0 unspecified atom stereocenters. The van der Waals surface area contributed by atoms with E-state index in [1.807, 2.05) is 49.4 Å². The van der Waals surface area contributed by atoms with Gasteiger partial charge in [0.05, 0.1) is 16.7 Å². The first kappa shape index (κ1) is 23.3. The van der Waals surface area contributed by atoms with E-state index in [4.69, 9.17) is 4.74 Å². The van der Waals surface area contributed by atoms with Crippen LogP contribution in [0.1, 0.15) is 5.56 Å². The molecule has 2 heterocycles. The van der Waals surface area contributed by atoms with E-state index in [0.29, 0.717) is 33.3 Å². The molecule has 36 heavy (non-hydrogen) atoms. The highest BCUT2D eigenvalue weighted by atomic mass is 32.2. The molecule has 2 aromatic heterocycles. The maximum absolute atomic E-state index is 13.3. The summed E-state index contributed by atoms with van der Waals surface area (Å²) in [5.74, 6) is 1.72. The lowest BCUT2D eigenvalue weighted by Crippen LogP contribution is -2.23. The Morgan fingerprint density at radius 3 is 2.39 bits per heavy atom. The third-order valence-electron chi connectivity index (χ3n) is 5.32. The fourth-order valence-electron chi connectivity index (χ4n) is 3.56. The molecular weight excluding hydrogens is 472 g/mol. The molecule has 0 fully saturated rings. The van der Waals surface area contributed by atoms with E-state index >= 15 is 0 Å². The number of nitrogens with zero attached hydrogens (tertiary/aromatic N) is 3. The molecule has 5 aromatic rings. The third-order valence-corrected chi connectivity index (χ3v) is 6.26. The van der Waals surface area contributed by atoms with Crippen LogP contribution in [-0.4, -0.2) is 26.2 Å². The maximum atomic E-state index is 13.3. The second-order valence-electron chi connectivity index (χ2n) is 8.02. The number of thioether (sulfide) groups is 1. The number of hydrogen-bond acceptors (Lipinski definition) is 6. The lowest BCUT2D eigenvalue weighted by atomic mass is 10.2. The Labute approximate surface area is 211 Å². The first-order valence-corrected chi connectivity index (χ1v) is 12.3. The van der Waals surface area contributed by atoms with Crippen molar-refractivity contribution in [3.8, 4) is 17.3 Å². The molecule has 0 bridgehead atoms. The van der Waals surface area contributed by atoms with Crippen LogP contribution < -0.4 is 15.6 Å². The summed E-state index contributed by atoms with van der Waals surface area (Å²) >= 11 is 1.18. The highest BCUT2D eigenvalue weighted by molar-refractivity contribution is 7.99. The zero-order valence-electron chi connectivity index (χ0n) is 19.4. The molecular formula is C28H22N4O3S. The summed E-state index contributed by atoms with van der Waals surface area (Å²) in [5.41, 5.74) is 1.97. The standard InChI is InChI=1S/C28H22N4O3S/c1-19-11-16-25(29-17-19)32-27(34)23-9-5-6-10-24(23)31-28(32)36-18-26(33)30-20-12-14-22(15-13-20)35-21-7-3-2-4-8-21/h2-17H,18H2,1H3,(H,30,33). The van der Waals surface area contributed by atoms with Crippen molar-refractivity contribution in [3.63, 3.8) is 0 Å². The van der Waals surface area contributed by atoms with Gasteiger partial charge in [0.25, 0.3) is 5.56 Å². The van der Waals surface area contributed by atoms with E-state index in [9.17, 15) is 9.59 Å². The van der Waals surface area contributed by atoms with Crippen molar-refractivity contribution in [1.29, 1.82) is 0 Å². The summed E-state index contributed by atoms with van der Waals surface area (Å²) in [6, 6.07) is 27.4. The molecule has 0 saturated heterocycles. The molecule has 0 aliphatic rings. The van der Waals surface area contributed by atoms with Crippen LogP contribution in [0.25, 0.3) is 16.7 Å². The Hall–Kier alpha value is -4.43. The number of para-hydroxylation sites is 2. The van der Waals surface area contributed by atoms with E-state index < -0.39 is 0 Å². The summed E-state index contributed by atoms with van der Waals surface area (Å²) in [6.07, 6.45) is 1.70. The Balaban J connectivity index is 1.32. The van der Waals surface area contributed by atoms with E-state index in [2.05, 4.69) is 15.3 Å². The Morgan fingerprint density at radius 2 is 1.64 bits per heavy atom. The Kier molecular flexibility index (Phi) is 6.77. The van der Waals surface area contributed by atoms with Gasteiger partial charge in [0.2, 0.25) is 5.91 Å². The van der Waals surface area contributed by atoms with Crippen molar-refractivity contribution in [3.05, 3.63) is 113 Å². The minimum Gasteiger partial charge on any atom is -0.457 e. The largest absolute Gasteiger partial charge is 0.457 e. The smallest absolute Gasteiger partial charge is 0.267 e. The third kappa shape index (κ3) is 5.29. The Morgan fingerprint density at radius 1 is 0.917 bits per heavy atom. The Bertz CT molecular complexity index is 1570. The predicted molar refractivity (Wildman–Crippen MR) is 142 cm³/mol. The van der Waals surface area contributed by atoms with Gasteiger partial charge in [-0.25, -0.2) is 14.5 Å². The summed E-state index contributed by atoms with van der Waals surface area (Å²) < 4.78 is 7.24. The second-order valence-corrected chi connectivity index (χ2v) is 8.96. The van der Waals surface area contributed by atoms with Crippen molar-refractivity contribution in [2.24, 2.45) is 0 Å². The van der Waals surface area contributed by atoms with Gasteiger partial charge < -0.3 is 10.1 Å². The SMILES string of the molecule is Cc1ccc(-n2c(SCC(=O)Nc3ccc(Oc4ccccc4)cc3)nc3ccccc3c2=O)nc1. The lowest BCUT2D eigenvalue weighted by molar-refractivity contribution is -0.113. The van der Waals surface area contributed by atoms with Gasteiger partial charge in [-0.3, -0.25) is 9.59 Å². The average Bonchev–Trinajstić information content (AvgIpc) is 2.90. The fraction of sp³-hybridized carbons (Fsp3) is 0.0714. The van der Waals surface area contributed by atoms with Gasteiger partial charge >= 0.3 is 0 Å². The molecule has 7 nitrogen and oxygen atoms in total. The number of fused-ring (bicyclic) bond motifs is 1. The molecule has 0 atom stereocenters. The monoisotopic (exact) mass is 494 g/mol. The molecule has 1 amide bonds. The van der Waals surface area contributed by atoms with Crippen LogP contribution in [0.2, 0.25) is 0 Å². The number of amides is 1. The van der Waals surface area contributed by atoms with Gasteiger partial charge in [-0.2, -0.15) is 0 Å². The van der Waals surface area contributed by atoms with E-state index in [1.54, 1.807) is 54.7 Å². The molecule has 0 saturated carbocycles. The highest BCUT2D eigenvalue weighted by Gasteiger charge is 2.15. The van der Waals surface area contributed by atoms with Crippen molar-refractivity contribution >= 4 is 34.3 Å². The maximum Gasteiger partial charge on any atom is 0.267 e. The molecule has 0 aliphatic carbocycles. The summed E-state index contributed by atoms with van der Waals surface area (Å²) in [7, 11) is 0.